The number of fused-ring (bicyclic) bond motifs is 2. The SMILES string of the molecule is COCc1[nH]n2c(=O)cc(-c3n[nH]c4c3CCC4)nc2c1-c1ccc(C)cc1. The number of rotatable bonds is 4. The lowest BCUT2D eigenvalue weighted by Crippen LogP contribution is -2.15. The summed E-state index contributed by atoms with van der Waals surface area (Å²) < 4.78 is 6.84. The maximum absolute atomic E-state index is 12.9. The minimum atomic E-state index is -0.162. The first kappa shape index (κ1) is 16.9. The second-order valence-corrected chi connectivity index (χ2v) is 7.29. The van der Waals surface area contributed by atoms with E-state index < -0.39 is 0 Å². The van der Waals surface area contributed by atoms with Gasteiger partial charge in [-0.2, -0.15) is 5.10 Å². The molecule has 3 aromatic heterocycles. The molecule has 0 fully saturated rings. The van der Waals surface area contributed by atoms with Crippen molar-refractivity contribution in [1.82, 2.24) is 24.8 Å². The van der Waals surface area contributed by atoms with Gasteiger partial charge in [0.05, 0.1) is 18.0 Å². The third kappa shape index (κ3) is 2.58. The van der Waals surface area contributed by atoms with E-state index in [1.54, 1.807) is 13.2 Å². The fraction of sp³-hybridized carbons (Fsp3) is 0.286. The summed E-state index contributed by atoms with van der Waals surface area (Å²) in [5.74, 6) is 0. The molecule has 1 aliphatic rings. The van der Waals surface area contributed by atoms with Crippen molar-refractivity contribution in [3.05, 3.63) is 63.2 Å². The van der Waals surface area contributed by atoms with Crippen LogP contribution in [0.3, 0.4) is 0 Å². The Morgan fingerprint density at radius 2 is 2.04 bits per heavy atom. The van der Waals surface area contributed by atoms with Gasteiger partial charge in [-0.15, -0.1) is 0 Å². The predicted octanol–water partition coefficient (Wildman–Crippen LogP) is 3.02. The van der Waals surface area contributed by atoms with E-state index in [2.05, 4.69) is 27.4 Å². The average Bonchev–Trinajstić information content (AvgIpc) is 3.37. The van der Waals surface area contributed by atoms with Crippen LogP contribution in [0.25, 0.3) is 28.2 Å². The molecule has 2 N–H and O–H groups in total. The number of H-pyrrole nitrogens is 2. The lowest BCUT2D eigenvalue weighted by atomic mass is 10.0. The molecule has 0 unspecified atom stereocenters. The normalized spacial score (nSPS) is 13.4. The van der Waals surface area contributed by atoms with E-state index in [1.165, 1.54) is 15.6 Å². The standard InChI is InChI=1S/C21H21N5O2/c1-12-6-8-13(9-7-12)19-17(11-28-2)25-26-18(27)10-16(22-21(19)26)20-14-4-3-5-15(14)23-24-20/h6-10,25H,3-5,11H2,1-2H3,(H,23,24). The van der Waals surface area contributed by atoms with Gasteiger partial charge in [-0.25, -0.2) is 9.50 Å². The third-order valence-corrected chi connectivity index (χ3v) is 5.37. The number of hydrogen-bond acceptors (Lipinski definition) is 4. The van der Waals surface area contributed by atoms with Crippen LogP contribution in [0.4, 0.5) is 0 Å². The summed E-state index contributed by atoms with van der Waals surface area (Å²) in [7, 11) is 1.64. The molecule has 5 rings (SSSR count). The molecule has 3 heterocycles. The van der Waals surface area contributed by atoms with Gasteiger partial charge < -0.3 is 4.74 Å². The lowest BCUT2D eigenvalue weighted by Gasteiger charge is -2.05. The van der Waals surface area contributed by atoms with Crippen LogP contribution in [-0.4, -0.2) is 31.9 Å². The van der Waals surface area contributed by atoms with E-state index in [-0.39, 0.29) is 5.56 Å². The van der Waals surface area contributed by atoms with E-state index in [0.29, 0.717) is 17.9 Å². The van der Waals surface area contributed by atoms with Crippen LogP contribution in [0.5, 0.6) is 0 Å². The van der Waals surface area contributed by atoms with Gasteiger partial charge in [0, 0.05) is 30.0 Å². The molecule has 1 aromatic carbocycles. The van der Waals surface area contributed by atoms with Crippen molar-refractivity contribution in [2.75, 3.05) is 7.11 Å². The molecule has 0 spiro atoms. The largest absolute Gasteiger partial charge is 0.378 e. The van der Waals surface area contributed by atoms with Crippen molar-refractivity contribution in [3.63, 3.8) is 0 Å². The highest BCUT2D eigenvalue weighted by atomic mass is 16.5. The first-order chi connectivity index (χ1) is 13.7. The van der Waals surface area contributed by atoms with Crippen LogP contribution >= 0.6 is 0 Å². The molecule has 142 valence electrons. The number of aromatic amines is 2. The number of ether oxygens (including phenoxy) is 1. The summed E-state index contributed by atoms with van der Waals surface area (Å²) in [6.45, 7) is 2.41. The highest BCUT2D eigenvalue weighted by molar-refractivity contribution is 5.81. The van der Waals surface area contributed by atoms with Crippen LogP contribution < -0.4 is 5.56 Å². The van der Waals surface area contributed by atoms with Gasteiger partial charge in [-0.1, -0.05) is 29.8 Å². The molecule has 4 aromatic rings. The van der Waals surface area contributed by atoms with Gasteiger partial charge in [0.1, 0.15) is 5.69 Å². The molecule has 0 aliphatic heterocycles. The summed E-state index contributed by atoms with van der Waals surface area (Å²) in [4.78, 5) is 17.7. The Hall–Kier alpha value is -3.19. The fourth-order valence-corrected chi connectivity index (χ4v) is 4.01. The Balaban J connectivity index is 1.77. The van der Waals surface area contributed by atoms with E-state index in [9.17, 15) is 4.79 Å². The third-order valence-electron chi connectivity index (χ3n) is 5.37. The van der Waals surface area contributed by atoms with Crippen LogP contribution in [0.2, 0.25) is 0 Å². The average molecular weight is 375 g/mol. The summed E-state index contributed by atoms with van der Waals surface area (Å²) in [5, 5.41) is 10.7. The fourth-order valence-electron chi connectivity index (χ4n) is 4.01. The Morgan fingerprint density at radius 3 is 2.82 bits per heavy atom. The minimum Gasteiger partial charge on any atom is -0.378 e. The summed E-state index contributed by atoms with van der Waals surface area (Å²) in [6.07, 6.45) is 3.07. The van der Waals surface area contributed by atoms with Crippen LogP contribution in [0.1, 0.15) is 28.9 Å². The molecule has 0 saturated heterocycles. The van der Waals surface area contributed by atoms with Crippen molar-refractivity contribution < 1.29 is 4.74 Å². The molecule has 7 heteroatoms. The van der Waals surface area contributed by atoms with Crippen LogP contribution in [0.15, 0.2) is 35.1 Å². The molecular weight excluding hydrogens is 354 g/mol. The van der Waals surface area contributed by atoms with Gasteiger partial charge >= 0.3 is 0 Å². The van der Waals surface area contributed by atoms with Crippen molar-refractivity contribution in [3.8, 4) is 22.5 Å². The molecule has 28 heavy (non-hydrogen) atoms. The van der Waals surface area contributed by atoms with Crippen molar-refractivity contribution in [2.45, 2.75) is 32.8 Å². The molecule has 1 aliphatic carbocycles. The monoisotopic (exact) mass is 375 g/mol. The lowest BCUT2D eigenvalue weighted by molar-refractivity contribution is 0.181. The minimum absolute atomic E-state index is 0.162. The quantitative estimate of drug-likeness (QED) is 0.574. The predicted molar refractivity (Wildman–Crippen MR) is 106 cm³/mol. The second-order valence-electron chi connectivity index (χ2n) is 7.29. The van der Waals surface area contributed by atoms with Crippen molar-refractivity contribution in [2.24, 2.45) is 0 Å². The van der Waals surface area contributed by atoms with E-state index in [1.807, 2.05) is 19.1 Å². The first-order valence-corrected chi connectivity index (χ1v) is 9.43. The molecule has 0 saturated carbocycles. The molecule has 0 radical (unpaired) electrons. The number of aromatic nitrogens is 5. The van der Waals surface area contributed by atoms with E-state index >= 15 is 0 Å². The summed E-state index contributed by atoms with van der Waals surface area (Å²) in [5.41, 5.74) is 8.04. The number of benzene rings is 1. The van der Waals surface area contributed by atoms with Gasteiger partial charge in [-0.05, 0) is 31.7 Å². The van der Waals surface area contributed by atoms with Gasteiger partial charge in [0.2, 0.25) is 0 Å². The Bertz CT molecular complexity index is 1230. The van der Waals surface area contributed by atoms with Crippen molar-refractivity contribution >= 4 is 5.65 Å². The number of methoxy groups -OCH3 is 1. The van der Waals surface area contributed by atoms with Crippen LogP contribution in [-0.2, 0) is 24.2 Å². The number of nitrogens with zero attached hydrogens (tertiary/aromatic N) is 3. The number of aryl methyl sites for hydroxylation is 2. The molecular formula is C21H21N5O2. The Kier molecular flexibility index (Phi) is 3.91. The zero-order valence-corrected chi connectivity index (χ0v) is 15.9. The van der Waals surface area contributed by atoms with E-state index in [4.69, 9.17) is 9.72 Å². The summed E-state index contributed by atoms with van der Waals surface area (Å²) >= 11 is 0. The van der Waals surface area contributed by atoms with Crippen LogP contribution in [0, 0.1) is 6.92 Å². The topological polar surface area (TPSA) is 88.1 Å². The molecule has 0 bridgehead atoms. The molecule has 7 nitrogen and oxygen atoms in total. The first-order valence-electron chi connectivity index (χ1n) is 9.43. The highest BCUT2D eigenvalue weighted by Gasteiger charge is 2.23. The Labute approximate surface area is 161 Å². The number of hydrogen-bond donors (Lipinski definition) is 2. The van der Waals surface area contributed by atoms with Gasteiger partial charge in [-0.3, -0.25) is 15.0 Å². The van der Waals surface area contributed by atoms with Gasteiger partial charge in [0.15, 0.2) is 5.65 Å². The Morgan fingerprint density at radius 1 is 1.21 bits per heavy atom. The zero-order valence-electron chi connectivity index (χ0n) is 15.9. The maximum Gasteiger partial charge on any atom is 0.273 e. The smallest absolute Gasteiger partial charge is 0.273 e. The zero-order chi connectivity index (χ0) is 19.3. The molecule has 0 atom stereocenters. The number of nitrogens with one attached hydrogen (secondary N) is 2. The summed E-state index contributed by atoms with van der Waals surface area (Å²) in [6, 6.07) is 9.75. The van der Waals surface area contributed by atoms with Gasteiger partial charge in [0.25, 0.3) is 5.56 Å². The second kappa shape index (κ2) is 6.45. The highest BCUT2D eigenvalue weighted by Crippen LogP contribution is 2.32. The molecule has 0 amide bonds. The van der Waals surface area contributed by atoms with Crippen molar-refractivity contribution in [1.29, 1.82) is 0 Å². The van der Waals surface area contributed by atoms with E-state index in [0.717, 1.165) is 47.5 Å². The maximum atomic E-state index is 12.9.